The first-order valence-electron chi connectivity index (χ1n) is 31.5. The van der Waals surface area contributed by atoms with Gasteiger partial charge in [-0.1, -0.05) is 150 Å². The van der Waals surface area contributed by atoms with Crippen LogP contribution in [-0.2, 0) is 0 Å². The minimum absolute atomic E-state index is 0.226. The highest BCUT2D eigenvalue weighted by Gasteiger charge is 2.13. The monoisotopic (exact) mass is 1450 g/mol. The Labute approximate surface area is 606 Å². The quantitative estimate of drug-likeness (QED) is 0.0509. The second-order valence-electron chi connectivity index (χ2n) is 22.6. The molecule has 6 N–H and O–H groups in total. The molecule has 0 fully saturated rings. The number of carboxylic acid groups (broad SMARTS) is 1. The number of aryl methyl sites for hydroxylation is 4. The van der Waals surface area contributed by atoms with Crippen LogP contribution in [0.4, 0.5) is 76.0 Å². The highest BCUT2D eigenvalue weighted by molar-refractivity contribution is 7.15. The summed E-state index contributed by atoms with van der Waals surface area (Å²) >= 11 is 7.33. The van der Waals surface area contributed by atoms with Crippen molar-refractivity contribution in [1.29, 1.82) is 0 Å². The second kappa shape index (κ2) is 35.0. The van der Waals surface area contributed by atoms with Gasteiger partial charge in [-0.3, -0.25) is 0 Å². The van der Waals surface area contributed by atoms with Gasteiger partial charge >= 0.3 is 5.97 Å². The second-order valence-corrected chi connectivity index (χ2v) is 26.9. The van der Waals surface area contributed by atoms with Crippen LogP contribution in [-0.4, -0.2) is 36.0 Å². The van der Waals surface area contributed by atoms with Crippen LogP contribution in [0.3, 0.4) is 0 Å². The number of hydrogen-bond donors (Lipinski definition) is 6. The van der Waals surface area contributed by atoms with Crippen molar-refractivity contribution in [3.05, 3.63) is 326 Å². The first kappa shape index (κ1) is 71.7. The number of aromatic nitrogens is 5. The summed E-state index contributed by atoms with van der Waals surface area (Å²) in [7, 11) is 0. The molecule has 0 aliphatic carbocycles. The summed E-state index contributed by atoms with van der Waals surface area (Å²) in [6.07, 6.45) is 0. The molecule has 15 rings (SSSR count). The van der Waals surface area contributed by atoms with Gasteiger partial charge in [0.25, 0.3) is 0 Å². The van der Waals surface area contributed by atoms with Crippen molar-refractivity contribution in [1.82, 2.24) is 24.9 Å². The van der Waals surface area contributed by atoms with Crippen LogP contribution >= 0.6 is 56.7 Å². The maximum atomic E-state index is 13.6. The predicted molar refractivity (Wildman–Crippen MR) is 412 cm³/mol. The number of aromatic carboxylic acids is 1. The highest BCUT2D eigenvalue weighted by Crippen LogP contribution is 2.34. The number of nitrogens with zero attached hydrogens (tertiary/aromatic N) is 5. The Kier molecular flexibility index (Phi) is 24.6. The van der Waals surface area contributed by atoms with Crippen LogP contribution in [0.15, 0.2) is 270 Å². The lowest BCUT2D eigenvalue weighted by Gasteiger charge is -2.03. The molecule has 5 aromatic heterocycles. The number of nitrogens with one attached hydrogen (secondary N) is 5. The fourth-order valence-corrected chi connectivity index (χ4v) is 13.4. The van der Waals surface area contributed by atoms with Crippen LogP contribution in [0.5, 0.6) is 0 Å². The van der Waals surface area contributed by atoms with Gasteiger partial charge in [0.05, 0.1) is 51.1 Å². The Hall–Kier alpha value is -11.5. The van der Waals surface area contributed by atoms with Crippen LogP contribution in [0, 0.1) is 56.8 Å². The summed E-state index contributed by atoms with van der Waals surface area (Å²) in [6, 6.07) is 71.3. The molecule has 12 nitrogen and oxygen atoms in total. The molecule has 15 aromatic rings. The average molecular weight is 1450 g/mol. The molecule has 0 bridgehead atoms. The third-order valence-electron chi connectivity index (χ3n) is 14.8. The number of halogens is 5. The molecule has 102 heavy (non-hydrogen) atoms. The third kappa shape index (κ3) is 20.6. The molecule has 10 aromatic carbocycles. The Balaban J connectivity index is 0.000000128. The van der Waals surface area contributed by atoms with E-state index in [1.165, 1.54) is 134 Å². The van der Waals surface area contributed by atoms with Gasteiger partial charge in [0.15, 0.2) is 25.7 Å². The molecular formula is C80H63F5N10O2S5. The fraction of sp³-hybridized carbons (Fsp3) is 0.0500. The molecule has 0 unspecified atom stereocenters. The van der Waals surface area contributed by atoms with E-state index in [1.54, 1.807) is 84.9 Å². The summed E-state index contributed by atoms with van der Waals surface area (Å²) in [5, 5.41) is 37.4. The minimum atomic E-state index is -0.966. The number of thiazole rings is 5. The normalized spacial score (nSPS) is 10.5. The third-order valence-corrected chi connectivity index (χ3v) is 18.6. The van der Waals surface area contributed by atoms with Gasteiger partial charge in [0.1, 0.15) is 29.1 Å². The Morgan fingerprint density at radius 1 is 0.324 bits per heavy atom. The van der Waals surface area contributed by atoms with Crippen molar-refractivity contribution in [2.75, 3.05) is 26.6 Å². The molecule has 0 amide bonds. The molecule has 0 aliphatic rings. The zero-order chi connectivity index (χ0) is 71.3. The number of anilines is 10. The van der Waals surface area contributed by atoms with E-state index in [0.717, 1.165) is 66.5 Å². The lowest BCUT2D eigenvalue weighted by atomic mass is 10.1. The molecule has 0 saturated carbocycles. The SMILES string of the molecule is Cc1cccc(-c2csc(Nc3ccc(F)cc3)n2)c1.Cc1cccc(-c2csc(Nc3cccc(F)c3)n2)c1.Cc1cccc(-c2csc(Nc3ccccc3F)n2)c1.Cc1ccccc1-c1csc(Nc2ccccc2F)n1.O=C(O)c1ccc(-c2csc(Nc3ccccc3F)n2)cc1. The van der Waals surface area contributed by atoms with Crippen molar-refractivity contribution in [3.8, 4) is 56.3 Å². The van der Waals surface area contributed by atoms with Crippen LogP contribution in [0.1, 0.15) is 32.6 Å². The summed E-state index contributed by atoms with van der Waals surface area (Å²) in [5.41, 5.74) is 17.4. The highest BCUT2D eigenvalue weighted by atomic mass is 32.1. The molecule has 0 spiro atoms. The van der Waals surface area contributed by atoms with Gasteiger partial charge in [0, 0.05) is 66.1 Å². The van der Waals surface area contributed by atoms with Crippen molar-refractivity contribution < 1.29 is 31.9 Å². The van der Waals surface area contributed by atoms with Crippen molar-refractivity contribution in [2.45, 2.75) is 27.7 Å². The lowest BCUT2D eigenvalue weighted by Crippen LogP contribution is -1.95. The maximum absolute atomic E-state index is 13.6. The summed E-state index contributed by atoms with van der Waals surface area (Å²) in [4.78, 5) is 33.3. The largest absolute Gasteiger partial charge is 0.478 e. The predicted octanol–water partition coefficient (Wildman–Crippen LogP) is 24.4. The Bertz CT molecular complexity index is 5250. The van der Waals surface area contributed by atoms with Crippen molar-refractivity contribution >= 4 is 117 Å². The van der Waals surface area contributed by atoms with E-state index in [9.17, 15) is 26.7 Å². The molecule has 5 heterocycles. The fourth-order valence-electron chi connectivity index (χ4n) is 9.75. The summed E-state index contributed by atoms with van der Waals surface area (Å²) < 4.78 is 66.7. The van der Waals surface area contributed by atoms with Gasteiger partial charge in [-0.25, -0.2) is 51.7 Å². The van der Waals surface area contributed by atoms with E-state index < -0.39 is 5.97 Å². The lowest BCUT2D eigenvalue weighted by molar-refractivity contribution is 0.0696. The number of para-hydroxylation sites is 3. The molecule has 0 aliphatic heterocycles. The zero-order valence-corrected chi connectivity index (χ0v) is 59.1. The molecule has 0 atom stereocenters. The van der Waals surface area contributed by atoms with Gasteiger partial charge in [-0.2, -0.15) is 0 Å². The number of carboxylic acids is 1. The number of rotatable bonds is 16. The maximum Gasteiger partial charge on any atom is 0.335 e. The van der Waals surface area contributed by atoms with E-state index in [-0.39, 0.29) is 34.6 Å². The van der Waals surface area contributed by atoms with Crippen molar-refractivity contribution in [3.63, 3.8) is 0 Å². The number of carbonyl (C=O) groups is 1. The van der Waals surface area contributed by atoms with Gasteiger partial charge < -0.3 is 31.7 Å². The summed E-state index contributed by atoms with van der Waals surface area (Å²) in [5.74, 6) is -2.36. The minimum Gasteiger partial charge on any atom is -0.478 e. The molecule has 22 heteroatoms. The van der Waals surface area contributed by atoms with E-state index in [2.05, 4.69) is 109 Å². The van der Waals surface area contributed by atoms with E-state index in [4.69, 9.17) is 5.11 Å². The van der Waals surface area contributed by atoms with Gasteiger partial charge in [-0.15, -0.1) is 56.7 Å². The van der Waals surface area contributed by atoms with E-state index in [1.807, 2.05) is 101 Å². The smallest absolute Gasteiger partial charge is 0.335 e. The number of benzene rings is 10. The van der Waals surface area contributed by atoms with E-state index in [0.29, 0.717) is 43.8 Å². The summed E-state index contributed by atoms with van der Waals surface area (Å²) in [6.45, 7) is 8.22. The topological polar surface area (TPSA) is 162 Å². The number of hydrogen-bond acceptors (Lipinski definition) is 16. The van der Waals surface area contributed by atoms with Gasteiger partial charge in [-0.05, 0) is 142 Å². The zero-order valence-electron chi connectivity index (χ0n) is 55.0. The van der Waals surface area contributed by atoms with Gasteiger partial charge in [0.2, 0.25) is 0 Å². The molecular weight excluding hydrogens is 1390 g/mol. The van der Waals surface area contributed by atoms with E-state index >= 15 is 0 Å². The first-order valence-corrected chi connectivity index (χ1v) is 35.9. The Morgan fingerprint density at radius 3 is 1.09 bits per heavy atom. The molecule has 0 radical (unpaired) electrons. The first-order chi connectivity index (χ1) is 49.5. The standard InChI is InChI=1S/C16H11FN2O2S.4C16H13FN2S/c17-12-3-1-2-4-13(12)18-16-19-14(9-22-16)10-5-7-11(8-6-10)15(20)21;1-11-4-2-5-12(8-11)15-10-20-16(19-15)18-14-7-3-6-13(17)9-14;1-11-5-4-6-12(9-11)15-10-20-16(19-15)18-14-8-3-2-7-13(14)17;1-11-6-2-3-7-12(11)15-10-20-16(19-15)18-14-9-5-4-8-13(14)17;1-11-3-2-4-12(9-11)15-10-20-16(19-15)18-14-7-5-13(17)6-8-14/h1-9H,(H,18,19)(H,20,21);4*2-10H,1H3,(H,18,19). The van der Waals surface area contributed by atoms with Crippen LogP contribution in [0.2, 0.25) is 0 Å². The Morgan fingerprint density at radius 2 is 0.686 bits per heavy atom. The molecule has 510 valence electrons. The van der Waals surface area contributed by atoms with Crippen molar-refractivity contribution in [2.24, 2.45) is 0 Å². The van der Waals surface area contributed by atoms with Crippen LogP contribution in [0.25, 0.3) is 56.3 Å². The average Bonchev–Trinajstić information content (AvgIpc) is 1.73. The molecule has 0 saturated heterocycles. The van der Waals surface area contributed by atoms with Crippen LogP contribution < -0.4 is 26.6 Å².